The number of carbonyl (C=O) groups excluding carboxylic acids is 1. The number of nitrogens with zero attached hydrogens (tertiary/aromatic N) is 4. The van der Waals surface area contributed by atoms with Crippen LogP contribution >= 0.6 is 0 Å². The highest BCUT2D eigenvalue weighted by atomic mass is 16.5. The molecule has 2 fully saturated rings. The fourth-order valence-corrected chi connectivity index (χ4v) is 3.75. The van der Waals surface area contributed by atoms with Gasteiger partial charge in [0, 0.05) is 52.4 Å². The molecule has 0 aromatic rings. The summed E-state index contributed by atoms with van der Waals surface area (Å²) in [6.07, 6.45) is 4.23. The Labute approximate surface area is 168 Å². The first kappa shape index (κ1) is 21.1. The fraction of sp³-hybridized carbons (Fsp3) is 0.800. The molecule has 3 aliphatic rings. The van der Waals surface area contributed by atoms with Crippen molar-refractivity contribution in [3.05, 3.63) is 11.6 Å². The molecular formula is C20H35N5O3. The van der Waals surface area contributed by atoms with Crippen LogP contribution in [-0.4, -0.2) is 112 Å². The summed E-state index contributed by atoms with van der Waals surface area (Å²) in [5.41, 5.74) is 1.46. The molecule has 0 aromatic carbocycles. The van der Waals surface area contributed by atoms with Crippen LogP contribution in [0.25, 0.3) is 0 Å². The minimum Gasteiger partial charge on any atom is -0.378 e. The van der Waals surface area contributed by atoms with Gasteiger partial charge in [0.15, 0.2) is 5.96 Å². The van der Waals surface area contributed by atoms with E-state index in [-0.39, 0.29) is 5.91 Å². The van der Waals surface area contributed by atoms with Gasteiger partial charge in [-0.15, -0.1) is 0 Å². The van der Waals surface area contributed by atoms with Crippen LogP contribution < -0.4 is 5.32 Å². The monoisotopic (exact) mass is 393 g/mol. The molecule has 0 bridgehead atoms. The number of piperazine rings is 1. The number of guanidine groups is 1. The summed E-state index contributed by atoms with van der Waals surface area (Å²) in [6, 6.07) is 0. The van der Waals surface area contributed by atoms with Crippen molar-refractivity contribution in [1.82, 2.24) is 20.0 Å². The summed E-state index contributed by atoms with van der Waals surface area (Å²) in [7, 11) is 0. The van der Waals surface area contributed by atoms with Gasteiger partial charge in [-0.2, -0.15) is 0 Å². The van der Waals surface area contributed by atoms with Crippen molar-refractivity contribution in [2.24, 2.45) is 4.99 Å². The van der Waals surface area contributed by atoms with Crippen molar-refractivity contribution in [1.29, 1.82) is 0 Å². The van der Waals surface area contributed by atoms with Crippen molar-refractivity contribution < 1.29 is 14.3 Å². The lowest BCUT2D eigenvalue weighted by Crippen LogP contribution is -2.54. The van der Waals surface area contributed by atoms with E-state index in [9.17, 15) is 4.79 Å². The predicted molar refractivity (Wildman–Crippen MR) is 110 cm³/mol. The number of carbonyl (C=O) groups is 1. The van der Waals surface area contributed by atoms with Gasteiger partial charge in [0.05, 0.1) is 33.0 Å². The molecule has 8 nitrogen and oxygen atoms in total. The summed E-state index contributed by atoms with van der Waals surface area (Å²) >= 11 is 0. The largest absolute Gasteiger partial charge is 0.378 e. The maximum absolute atomic E-state index is 12.4. The zero-order valence-corrected chi connectivity index (χ0v) is 17.2. The van der Waals surface area contributed by atoms with E-state index in [0.717, 1.165) is 84.4 Å². The molecule has 0 unspecified atom stereocenters. The molecule has 158 valence electrons. The van der Waals surface area contributed by atoms with Crippen LogP contribution in [0.5, 0.6) is 0 Å². The SMILES string of the molecule is CCNC(=NCCC1=CCOCC1)N1CCN(CC(=O)N2CCOCC2)CC1. The Morgan fingerprint density at radius 3 is 2.54 bits per heavy atom. The van der Waals surface area contributed by atoms with Gasteiger partial charge in [-0.3, -0.25) is 14.7 Å². The van der Waals surface area contributed by atoms with Crippen LogP contribution in [0, 0.1) is 0 Å². The lowest BCUT2D eigenvalue weighted by molar-refractivity contribution is -0.136. The van der Waals surface area contributed by atoms with Gasteiger partial charge in [-0.1, -0.05) is 11.6 Å². The smallest absolute Gasteiger partial charge is 0.236 e. The zero-order valence-electron chi connectivity index (χ0n) is 17.2. The second kappa shape index (κ2) is 11.4. The van der Waals surface area contributed by atoms with Gasteiger partial charge < -0.3 is 24.6 Å². The second-order valence-corrected chi connectivity index (χ2v) is 7.43. The Morgan fingerprint density at radius 1 is 1.07 bits per heavy atom. The highest BCUT2D eigenvalue weighted by Gasteiger charge is 2.24. The minimum absolute atomic E-state index is 0.224. The number of rotatable bonds is 6. The molecule has 0 atom stereocenters. The van der Waals surface area contributed by atoms with Crippen LogP contribution in [0.15, 0.2) is 16.6 Å². The van der Waals surface area contributed by atoms with E-state index in [4.69, 9.17) is 14.5 Å². The van der Waals surface area contributed by atoms with Crippen LogP contribution in [0.4, 0.5) is 0 Å². The standard InChI is InChI=1S/C20H35N5O3/c1-2-21-20(22-6-3-18-4-13-27-14-5-18)25-9-7-23(8-10-25)17-19(26)24-11-15-28-16-12-24/h4H,2-3,5-17H2,1H3,(H,21,22). The summed E-state index contributed by atoms with van der Waals surface area (Å²) in [5, 5.41) is 3.42. The molecule has 3 heterocycles. The number of morpholine rings is 1. The van der Waals surface area contributed by atoms with Gasteiger partial charge in [-0.05, 0) is 19.8 Å². The lowest BCUT2D eigenvalue weighted by Gasteiger charge is -2.37. The molecule has 1 amide bonds. The van der Waals surface area contributed by atoms with Gasteiger partial charge in [0.1, 0.15) is 0 Å². The maximum Gasteiger partial charge on any atom is 0.236 e. The Balaban J connectivity index is 1.43. The van der Waals surface area contributed by atoms with Crippen molar-refractivity contribution >= 4 is 11.9 Å². The lowest BCUT2D eigenvalue weighted by atomic mass is 10.1. The Morgan fingerprint density at radius 2 is 1.86 bits per heavy atom. The van der Waals surface area contributed by atoms with Crippen molar-refractivity contribution in [2.45, 2.75) is 19.8 Å². The number of hydrogen-bond donors (Lipinski definition) is 1. The third-order valence-electron chi connectivity index (χ3n) is 5.48. The van der Waals surface area contributed by atoms with E-state index in [1.165, 1.54) is 5.57 Å². The fourth-order valence-electron chi connectivity index (χ4n) is 3.75. The average molecular weight is 394 g/mol. The quantitative estimate of drug-likeness (QED) is 0.394. The summed E-state index contributed by atoms with van der Waals surface area (Å²) in [5.74, 6) is 1.22. The Hall–Kier alpha value is -1.64. The minimum atomic E-state index is 0.224. The van der Waals surface area contributed by atoms with Gasteiger partial charge in [-0.25, -0.2) is 0 Å². The molecule has 1 N–H and O–H groups in total. The third-order valence-corrected chi connectivity index (χ3v) is 5.48. The topological polar surface area (TPSA) is 69.6 Å². The predicted octanol–water partition coefficient (Wildman–Crippen LogP) is 0.165. The van der Waals surface area contributed by atoms with Crippen LogP contribution in [0.3, 0.4) is 0 Å². The van der Waals surface area contributed by atoms with Crippen LogP contribution in [0.1, 0.15) is 19.8 Å². The van der Waals surface area contributed by atoms with Crippen molar-refractivity contribution in [3.63, 3.8) is 0 Å². The molecular weight excluding hydrogens is 358 g/mol. The molecule has 0 aromatic heterocycles. The van der Waals surface area contributed by atoms with E-state index >= 15 is 0 Å². The van der Waals surface area contributed by atoms with Crippen molar-refractivity contribution in [3.8, 4) is 0 Å². The summed E-state index contributed by atoms with van der Waals surface area (Å²) in [6.45, 7) is 12.2. The molecule has 8 heteroatoms. The van der Waals surface area contributed by atoms with Gasteiger partial charge >= 0.3 is 0 Å². The van der Waals surface area contributed by atoms with Crippen molar-refractivity contribution in [2.75, 3.05) is 85.3 Å². The Bertz CT molecular complexity index is 552. The van der Waals surface area contributed by atoms with E-state index in [1.807, 2.05) is 4.90 Å². The number of hydrogen-bond acceptors (Lipinski definition) is 5. The normalized spacial score (nSPS) is 22.2. The molecule has 3 aliphatic heterocycles. The number of nitrogens with one attached hydrogen (secondary N) is 1. The first-order valence-corrected chi connectivity index (χ1v) is 10.6. The summed E-state index contributed by atoms with van der Waals surface area (Å²) < 4.78 is 10.7. The highest BCUT2D eigenvalue weighted by molar-refractivity contribution is 5.80. The molecule has 0 saturated carbocycles. The van der Waals surface area contributed by atoms with E-state index < -0.39 is 0 Å². The average Bonchev–Trinajstić information content (AvgIpc) is 2.75. The number of aliphatic imine (C=N–C) groups is 1. The maximum atomic E-state index is 12.4. The molecule has 0 spiro atoms. The zero-order chi connectivity index (χ0) is 19.6. The molecule has 0 radical (unpaired) electrons. The second-order valence-electron chi connectivity index (χ2n) is 7.43. The molecule has 2 saturated heterocycles. The number of ether oxygens (including phenoxy) is 2. The van der Waals surface area contributed by atoms with E-state index in [0.29, 0.717) is 19.8 Å². The van der Waals surface area contributed by atoms with Gasteiger partial charge in [0.2, 0.25) is 5.91 Å². The first-order valence-electron chi connectivity index (χ1n) is 10.6. The van der Waals surface area contributed by atoms with E-state index in [2.05, 4.69) is 28.1 Å². The number of amides is 1. The first-order chi connectivity index (χ1) is 13.8. The molecule has 0 aliphatic carbocycles. The summed E-state index contributed by atoms with van der Waals surface area (Å²) in [4.78, 5) is 23.8. The third kappa shape index (κ3) is 6.46. The van der Waals surface area contributed by atoms with Gasteiger partial charge in [0.25, 0.3) is 0 Å². The van der Waals surface area contributed by atoms with Crippen LogP contribution in [-0.2, 0) is 14.3 Å². The highest BCUT2D eigenvalue weighted by Crippen LogP contribution is 2.12. The Kier molecular flexibility index (Phi) is 8.57. The molecule has 3 rings (SSSR count). The van der Waals surface area contributed by atoms with E-state index in [1.54, 1.807) is 0 Å². The van der Waals surface area contributed by atoms with Crippen LogP contribution in [0.2, 0.25) is 0 Å². The molecule has 28 heavy (non-hydrogen) atoms.